The molecule has 0 amide bonds. The molecular weight excluding hydrogens is 330 g/mol. The van der Waals surface area contributed by atoms with E-state index in [0.29, 0.717) is 0 Å². The summed E-state index contributed by atoms with van der Waals surface area (Å²) in [5.41, 5.74) is 7.41. The third-order valence-electron chi connectivity index (χ3n) is 5.42. The summed E-state index contributed by atoms with van der Waals surface area (Å²) in [4.78, 5) is 6.66. The number of rotatable bonds is 5. The van der Waals surface area contributed by atoms with Crippen LogP contribution in [0.4, 0.5) is 0 Å². The van der Waals surface area contributed by atoms with Gasteiger partial charge < -0.3 is 14.5 Å². The highest BCUT2D eigenvalue weighted by molar-refractivity contribution is 6.10. The number of nitrogens with one attached hydrogen (secondary N) is 2. The number of aromatic amines is 2. The van der Waals surface area contributed by atoms with E-state index in [1.807, 2.05) is 24.5 Å². The van der Waals surface area contributed by atoms with E-state index in [-0.39, 0.29) is 0 Å². The lowest BCUT2D eigenvalue weighted by Gasteiger charge is -2.07. The molecule has 2 N–H and O–H groups in total. The zero-order valence-electron chi connectivity index (χ0n) is 15.5. The van der Waals surface area contributed by atoms with E-state index < -0.39 is 0 Å². The van der Waals surface area contributed by atoms with Gasteiger partial charge in [0.1, 0.15) is 0 Å². The zero-order chi connectivity index (χ0) is 18.2. The fourth-order valence-electron chi connectivity index (χ4n) is 4.02. The smallest absolute Gasteiger partial charge is 0.0491 e. The molecule has 0 fully saturated rings. The fourth-order valence-corrected chi connectivity index (χ4v) is 4.02. The molecule has 5 aromatic rings. The summed E-state index contributed by atoms with van der Waals surface area (Å²) in [7, 11) is 0. The highest BCUT2D eigenvalue weighted by Crippen LogP contribution is 2.35. The van der Waals surface area contributed by atoms with E-state index in [9.17, 15) is 0 Å². The molecule has 0 aliphatic rings. The Hall–Kier alpha value is -3.20. The second kappa shape index (κ2) is 6.51. The van der Waals surface area contributed by atoms with Crippen LogP contribution in [0.2, 0.25) is 0 Å². The molecule has 0 spiro atoms. The van der Waals surface area contributed by atoms with Gasteiger partial charge in [-0.2, -0.15) is 0 Å². The lowest BCUT2D eigenvalue weighted by Crippen LogP contribution is -1.97. The van der Waals surface area contributed by atoms with Gasteiger partial charge in [-0.25, -0.2) is 0 Å². The van der Waals surface area contributed by atoms with Gasteiger partial charge in [-0.1, -0.05) is 25.5 Å². The first-order valence-corrected chi connectivity index (χ1v) is 9.68. The van der Waals surface area contributed by atoms with Crippen LogP contribution in [0.1, 0.15) is 19.8 Å². The number of aromatic nitrogens is 3. The van der Waals surface area contributed by atoms with Crippen molar-refractivity contribution in [2.45, 2.75) is 26.3 Å². The number of unbranched alkanes of at least 4 members (excludes halogenated alkanes) is 1. The van der Waals surface area contributed by atoms with E-state index in [0.717, 1.165) is 17.9 Å². The lowest BCUT2D eigenvalue weighted by atomic mass is 10.0. The third-order valence-corrected chi connectivity index (χ3v) is 5.42. The van der Waals surface area contributed by atoms with Crippen LogP contribution >= 0.6 is 0 Å². The van der Waals surface area contributed by atoms with Gasteiger partial charge in [0.05, 0.1) is 0 Å². The standard InChI is InChI=1S/C24H23N3/c1-2-3-14-27-23-10-8-17(21-6-4-12-25-21)15-19(23)20-16-18(9-11-24(20)27)22-7-5-13-26-22/h4-13,15-16,25-26H,2-3,14H2,1H3. The van der Waals surface area contributed by atoms with Crippen LogP contribution in [0.3, 0.4) is 0 Å². The number of nitrogens with zero attached hydrogens (tertiary/aromatic N) is 1. The Labute approximate surface area is 158 Å². The Morgan fingerprint density at radius 1 is 0.741 bits per heavy atom. The molecule has 0 unspecified atom stereocenters. The minimum Gasteiger partial charge on any atom is -0.361 e. The molecular formula is C24H23N3. The van der Waals surface area contributed by atoms with Crippen molar-refractivity contribution in [3.05, 3.63) is 73.1 Å². The van der Waals surface area contributed by atoms with Crippen LogP contribution in [-0.2, 0) is 6.54 Å². The average Bonchev–Trinajstić information content (AvgIpc) is 3.46. The van der Waals surface area contributed by atoms with E-state index in [1.165, 1.54) is 45.8 Å². The van der Waals surface area contributed by atoms with E-state index in [4.69, 9.17) is 0 Å². The van der Waals surface area contributed by atoms with Crippen molar-refractivity contribution in [2.24, 2.45) is 0 Å². The number of H-pyrrole nitrogens is 2. The lowest BCUT2D eigenvalue weighted by molar-refractivity contribution is 0.665. The molecule has 0 saturated heterocycles. The molecule has 5 rings (SSSR count). The molecule has 0 aliphatic carbocycles. The van der Waals surface area contributed by atoms with E-state index in [1.54, 1.807) is 0 Å². The Kier molecular flexibility index (Phi) is 3.86. The minimum atomic E-state index is 1.06. The van der Waals surface area contributed by atoms with Gasteiger partial charge in [0.15, 0.2) is 0 Å². The summed E-state index contributed by atoms with van der Waals surface area (Å²) in [6, 6.07) is 22.0. The highest BCUT2D eigenvalue weighted by atomic mass is 15.0. The fraction of sp³-hybridized carbons (Fsp3) is 0.167. The normalized spacial score (nSPS) is 11.6. The summed E-state index contributed by atoms with van der Waals surface area (Å²) in [5.74, 6) is 0. The number of benzene rings is 2. The Morgan fingerprint density at radius 2 is 1.30 bits per heavy atom. The van der Waals surface area contributed by atoms with Gasteiger partial charge in [0.2, 0.25) is 0 Å². The largest absolute Gasteiger partial charge is 0.361 e. The van der Waals surface area contributed by atoms with Gasteiger partial charge >= 0.3 is 0 Å². The van der Waals surface area contributed by atoms with E-state index in [2.05, 4.69) is 70.0 Å². The first kappa shape index (κ1) is 16.0. The highest BCUT2D eigenvalue weighted by Gasteiger charge is 2.13. The Morgan fingerprint density at radius 3 is 1.74 bits per heavy atom. The van der Waals surface area contributed by atoms with Crippen LogP contribution < -0.4 is 0 Å². The second-order valence-corrected chi connectivity index (χ2v) is 7.14. The molecule has 0 radical (unpaired) electrons. The molecule has 134 valence electrons. The van der Waals surface area contributed by atoms with Gasteiger partial charge in [-0.15, -0.1) is 0 Å². The van der Waals surface area contributed by atoms with Crippen LogP contribution in [0.5, 0.6) is 0 Å². The van der Waals surface area contributed by atoms with Crippen molar-refractivity contribution in [3.8, 4) is 22.5 Å². The molecule has 0 saturated carbocycles. The van der Waals surface area contributed by atoms with Crippen molar-refractivity contribution < 1.29 is 0 Å². The van der Waals surface area contributed by atoms with Crippen LogP contribution in [0, 0.1) is 0 Å². The predicted octanol–water partition coefficient (Wildman–Crippen LogP) is 6.58. The van der Waals surface area contributed by atoms with Gasteiger partial charge in [-0.05, 0) is 66.1 Å². The average molecular weight is 353 g/mol. The molecule has 2 aromatic carbocycles. The van der Waals surface area contributed by atoms with Crippen molar-refractivity contribution in [1.82, 2.24) is 14.5 Å². The summed E-state index contributed by atoms with van der Waals surface area (Å²) >= 11 is 0. The second-order valence-electron chi connectivity index (χ2n) is 7.14. The Balaban J connectivity index is 1.77. The van der Waals surface area contributed by atoms with Gasteiger partial charge in [0.25, 0.3) is 0 Å². The van der Waals surface area contributed by atoms with Crippen molar-refractivity contribution in [1.29, 1.82) is 0 Å². The van der Waals surface area contributed by atoms with Gasteiger partial charge in [-0.3, -0.25) is 0 Å². The maximum Gasteiger partial charge on any atom is 0.0491 e. The number of aryl methyl sites for hydroxylation is 1. The summed E-state index contributed by atoms with van der Waals surface area (Å²) < 4.78 is 2.48. The molecule has 27 heavy (non-hydrogen) atoms. The number of hydrogen-bond acceptors (Lipinski definition) is 0. The molecule has 3 heterocycles. The number of hydrogen-bond donors (Lipinski definition) is 2. The Bertz CT molecular complexity index is 1100. The quantitative estimate of drug-likeness (QED) is 0.358. The maximum atomic E-state index is 3.33. The van der Waals surface area contributed by atoms with Crippen molar-refractivity contribution in [3.63, 3.8) is 0 Å². The third kappa shape index (κ3) is 2.67. The van der Waals surface area contributed by atoms with Crippen LogP contribution in [0.25, 0.3) is 44.3 Å². The molecule has 3 aromatic heterocycles. The van der Waals surface area contributed by atoms with Crippen molar-refractivity contribution in [2.75, 3.05) is 0 Å². The summed E-state index contributed by atoms with van der Waals surface area (Å²) in [6.07, 6.45) is 6.35. The van der Waals surface area contributed by atoms with Crippen LogP contribution in [0.15, 0.2) is 73.1 Å². The van der Waals surface area contributed by atoms with Gasteiger partial charge in [0, 0.05) is 52.1 Å². The molecule has 0 bridgehead atoms. The maximum absolute atomic E-state index is 3.33. The SMILES string of the molecule is CCCCn1c2ccc(-c3ccc[nH]3)cc2c2cc(-c3ccc[nH]3)ccc21. The zero-order valence-corrected chi connectivity index (χ0v) is 15.5. The molecule has 3 nitrogen and oxygen atoms in total. The predicted molar refractivity (Wildman–Crippen MR) is 114 cm³/mol. The summed E-state index contributed by atoms with van der Waals surface area (Å²) in [6.45, 7) is 3.31. The van der Waals surface area contributed by atoms with Crippen LogP contribution in [-0.4, -0.2) is 14.5 Å². The first-order valence-electron chi connectivity index (χ1n) is 9.68. The molecule has 3 heteroatoms. The minimum absolute atomic E-state index is 1.06. The topological polar surface area (TPSA) is 36.5 Å². The molecule has 0 atom stereocenters. The van der Waals surface area contributed by atoms with Crippen molar-refractivity contribution >= 4 is 21.8 Å². The monoisotopic (exact) mass is 353 g/mol. The summed E-state index contributed by atoms with van der Waals surface area (Å²) in [5, 5.41) is 2.64. The number of fused-ring (bicyclic) bond motifs is 3. The molecule has 0 aliphatic heterocycles. The first-order chi connectivity index (χ1) is 13.3. The van der Waals surface area contributed by atoms with E-state index >= 15 is 0 Å².